The summed E-state index contributed by atoms with van der Waals surface area (Å²) in [6.45, 7) is 5.85. The molecule has 0 bridgehead atoms. The summed E-state index contributed by atoms with van der Waals surface area (Å²) in [6, 6.07) is 0. The number of H-pyrrole nitrogens is 1. The van der Waals surface area contributed by atoms with Gasteiger partial charge in [0.1, 0.15) is 0 Å². The maximum absolute atomic E-state index is 5.44. The van der Waals surface area contributed by atoms with Crippen molar-refractivity contribution in [2.45, 2.75) is 26.3 Å². The number of nitrogens with one attached hydrogen (secondary N) is 2. The molecule has 0 spiro atoms. The highest BCUT2D eigenvalue weighted by molar-refractivity contribution is 5.13. The van der Waals surface area contributed by atoms with Crippen LogP contribution in [0.2, 0.25) is 0 Å². The van der Waals surface area contributed by atoms with Gasteiger partial charge in [-0.1, -0.05) is 0 Å². The maximum atomic E-state index is 5.44. The van der Waals surface area contributed by atoms with E-state index in [0.717, 1.165) is 32.0 Å². The zero-order valence-electron chi connectivity index (χ0n) is 9.25. The second-order valence-corrected chi connectivity index (χ2v) is 4.23. The van der Waals surface area contributed by atoms with Gasteiger partial charge in [0.25, 0.3) is 0 Å². The van der Waals surface area contributed by atoms with E-state index in [0.29, 0.717) is 5.92 Å². The van der Waals surface area contributed by atoms with Crippen LogP contribution < -0.4 is 5.32 Å². The van der Waals surface area contributed by atoms with Crippen LogP contribution in [0.1, 0.15) is 24.1 Å². The van der Waals surface area contributed by atoms with Gasteiger partial charge in [-0.05, 0) is 25.7 Å². The summed E-state index contributed by atoms with van der Waals surface area (Å²) in [5, 5.41) is 10.4. The van der Waals surface area contributed by atoms with Crippen LogP contribution in [0.15, 0.2) is 6.20 Å². The van der Waals surface area contributed by atoms with Gasteiger partial charge in [-0.3, -0.25) is 5.10 Å². The van der Waals surface area contributed by atoms with Crippen molar-refractivity contribution in [1.82, 2.24) is 15.5 Å². The molecule has 4 heteroatoms. The molecule has 0 amide bonds. The van der Waals surface area contributed by atoms with Crippen molar-refractivity contribution >= 4 is 0 Å². The molecular formula is C11H19N3O. The topological polar surface area (TPSA) is 49.9 Å². The number of hydrogen-bond acceptors (Lipinski definition) is 3. The third-order valence-electron chi connectivity index (χ3n) is 2.94. The molecular weight excluding hydrogens is 190 g/mol. The highest BCUT2D eigenvalue weighted by Gasteiger charge is 2.13. The van der Waals surface area contributed by atoms with Gasteiger partial charge in [-0.2, -0.15) is 5.10 Å². The van der Waals surface area contributed by atoms with E-state index in [2.05, 4.69) is 15.5 Å². The van der Waals surface area contributed by atoms with Crippen molar-refractivity contribution in [2.24, 2.45) is 5.92 Å². The highest BCUT2D eigenvalue weighted by Crippen LogP contribution is 2.12. The summed E-state index contributed by atoms with van der Waals surface area (Å²) in [5.41, 5.74) is 2.41. The lowest BCUT2D eigenvalue weighted by Crippen LogP contribution is -2.28. The van der Waals surface area contributed by atoms with Crippen LogP contribution in [0, 0.1) is 12.8 Å². The Morgan fingerprint density at radius 2 is 2.60 bits per heavy atom. The molecule has 1 saturated heterocycles. The third-order valence-corrected chi connectivity index (χ3v) is 2.94. The fourth-order valence-electron chi connectivity index (χ4n) is 1.93. The van der Waals surface area contributed by atoms with E-state index < -0.39 is 0 Å². The summed E-state index contributed by atoms with van der Waals surface area (Å²) in [6.07, 6.45) is 4.38. The molecule has 1 fully saturated rings. The fourth-order valence-corrected chi connectivity index (χ4v) is 1.93. The van der Waals surface area contributed by atoms with Gasteiger partial charge in [0, 0.05) is 31.0 Å². The van der Waals surface area contributed by atoms with Gasteiger partial charge < -0.3 is 10.1 Å². The van der Waals surface area contributed by atoms with Crippen LogP contribution in [-0.4, -0.2) is 30.0 Å². The van der Waals surface area contributed by atoms with Crippen LogP contribution >= 0.6 is 0 Å². The predicted octanol–water partition coefficient (Wildman–Crippen LogP) is 1.23. The molecule has 4 nitrogen and oxygen atoms in total. The number of ether oxygens (including phenoxy) is 1. The van der Waals surface area contributed by atoms with Crippen molar-refractivity contribution in [3.8, 4) is 0 Å². The van der Waals surface area contributed by atoms with Gasteiger partial charge in [-0.25, -0.2) is 0 Å². The first-order valence-electron chi connectivity index (χ1n) is 5.63. The Bertz CT molecular complexity index is 292. The Kier molecular flexibility index (Phi) is 3.75. The lowest BCUT2D eigenvalue weighted by atomic mass is 10.0. The minimum atomic E-state index is 0.686. The summed E-state index contributed by atoms with van der Waals surface area (Å²) in [5.74, 6) is 0.686. The molecule has 1 unspecified atom stereocenters. The Labute approximate surface area is 90.4 Å². The summed E-state index contributed by atoms with van der Waals surface area (Å²) >= 11 is 0. The number of nitrogens with zero attached hydrogens (tertiary/aromatic N) is 1. The van der Waals surface area contributed by atoms with Crippen LogP contribution in [0.4, 0.5) is 0 Å². The van der Waals surface area contributed by atoms with Gasteiger partial charge in [0.15, 0.2) is 0 Å². The summed E-state index contributed by atoms with van der Waals surface area (Å²) in [7, 11) is 0. The second kappa shape index (κ2) is 5.28. The number of aromatic nitrogens is 2. The average molecular weight is 209 g/mol. The van der Waals surface area contributed by atoms with E-state index in [1.807, 2.05) is 13.1 Å². The summed E-state index contributed by atoms with van der Waals surface area (Å²) in [4.78, 5) is 0. The largest absolute Gasteiger partial charge is 0.381 e. The van der Waals surface area contributed by atoms with Crippen LogP contribution in [0.3, 0.4) is 0 Å². The molecule has 0 radical (unpaired) electrons. The number of aromatic amines is 1. The molecule has 2 rings (SSSR count). The van der Waals surface area contributed by atoms with Crippen molar-refractivity contribution in [3.05, 3.63) is 17.5 Å². The molecule has 84 valence electrons. The number of hydrogen-bond donors (Lipinski definition) is 2. The van der Waals surface area contributed by atoms with E-state index in [1.54, 1.807) is 0 Å². The van der Waals surface area contributed by atoms with Crippen LogP contribution in [-0.2, 0) is 11.3 Å². The fraction of sp³-hybridized carbons (Fsp3) is 0.727. The van der Waals surface area contributed by atoms with Gasteiger partial charge in [0.05, 0.1) is 12.8 Å². The monoisotopic (exact) mass is 209 g/mol. The van der Waals surface area contributed by atoms with Gasteiger partial charge in [-0.15, -0.1) is 0 Å². The van der Waals surface area contributed by atoms with E-state index in [4.69, 9.17) is 4.74 Å². The molecule has 2 N–H and O–H groups in total. The quantitative estimate of drug-likeness (QED) is 0.784. The minimum Gasteiger partial charge on any atom is -0.381 e. The van der Waals surface area contributed by atoms with E-state index in [9.17, 15) is 0 Å². The molecule has 1 aliphatic heterocycles. The van der Waals surface area contributed by atoms with E-state index in [-0.39, 0.29) is 0 Å². The lowest BCUT2D eigenvalue weighted by Gasteiger charge is -2.22. The zero-order valence-corrected chi connectivity index (χ0v) is 9.25. The molecule has 0 aromatic carbocycles. The number of aryl methyl sites for hydroxylation is 1. The summed E-state index contributed by atoms with van der Waals surface area (Å²) < 4.78 is 5.44. The third kappa shape index (κ3) is 3.04. The molecule has 0 aliphatic carbocycles. The van der Waals surface area contributed by atoms with Gasteiger partial charge in [0.2, 0.25) is 0 Å². The van der Waals surface area contributed by atoms with Crippen LogP contribution in [0.5, 0.6) is 0 Å². The predicted molar refractivity (Wildman–Crippen MR) is 58.6 cm³/mol. The highest BCUT2D eigenvalue weighted by atomic mass is 16.5. The molecule has 0 saturated carbocycles. The maximum Gasteiger partial charge on any atom is 0.0535 e. The Morgan fingerprint density at radius 1 is 1.67 bits per heavy atom. The zero-order chi connectivity index (χ0) is 10.5. The SMILES string of the molecule is Cc1[nH]ncc1CNCC1CCCOC1. The molecule has 1 aliphatic rings. The normalized spacial score (nSPS) is 21.8. The van der Waals surface area contributed by atoms with Crippen LogP contribution in [0.25, 0.3) is 0 Å². The van der Waals surface area contributed by atoms with Crippen molar-refractivity contribution in [1.29, 1.82) is 0 Å². The van der Waals surface area contributed by atoms with E-state index >= 15 is 0 Å². The van der Waals surface area contributed by atoms with Crippen molar-refractivity contribution < 1.29 is 4.74 Å². The van der Waals surface area contributed by atoms with Crippen molar-refractivity contribution in [3.63, 3.8) is 0 Å². The number of rotatable bonds is 4. The lowest BCUT2D eigenvalue weighted by molar-refractivity contribution is 0.0547. The Hall–Kier alpha value is -0.870. The second-order valence-electron chi connectivity index (χ2n) is 4.23. The Morgan fingerprint density at radius 3 is 3.27 bits per heavy atom. The molecule has 1 atom stereocenters. The van der Waals surface area contributed by atoms with Crippen molar-refractivity contribution in [2.75, 3.05) is 19.8 Å². The molecule has 1 aromatic heterocycles. The average Bonchev–Trinajstić information content (AvgIpc) is 2.66. The molecule has 15 heavy (non-hydrogen) atoms. The first-order chi connectivity index (χ1) is 7.36. The Balaban J connectivity index is 1.68. The molecule has 2 heterocycles. The first kappa shape index (κ1) is 10.6. The molecule has 1 aromatic rings. The van der Waals surface area contributed by atoms with Gasteiger partial charge >= 0.3 is 0 Å². The minimum absolute atomic E-state index is 0.686. The smallest absolute Gasteiger partial charge is 0.0535 e. The standard InChI is InChI=1S/C11H19N3O/c1-9-11(7-13-14-9)6-12-5-10-3-2-4-15-8-10/h7,10,12H,2-6,8H2,1H3,(H,13,14). The van der Waals surface area contributed by atoms with E-state index in [1.165, 1.54) is 18.4 Å². The first-order valence-corrected chi connectivity index (χ1v) is 5.63.